The van der Waals surface area contributed by atoms with Crippen LogP contribution in [0, 0.1) is 17.2 Å². The van der Waals surface area contributed by atoms with Crippen molar-refractivity contribution in [1.29, 1.82) is 5.26 Å². The number of amides is 1. The molecule has 1 rings (SSSR count). The van der Waals surface area contributed by atoms with Crippen LogP contribution in [0.2, 0.25) is 0 Å². The van der Waals surface area contributed by atoms with Crippen LogP contribution in [0.4, 0.5) is 0 Å². The molecule has 4 nitrogen and oxygen atoms in total. The Morgan fingerprint density at radius 1 is 1.65 bits per heavy atom. The van der Waals surface area contributed by atoms with E-state index in [0.29, 0.717) is 6.54 Å². The molecule has 1 aliphatic rings. The van der Waals surface area contributed by atoms with E-state index in [1.165, 1.54) is 0 Å². The molecule has 0 radical (unpaired) electrons. The van der Waals surface area contributed by atoms with E-state index in [4.69, 9.17) is 5.26 Å². The molecule has 96 valence electrons. The zero-order chi connectivity index (χ0) is 12.9. The minimum atomic E-state index is -0.362. The van der Waals surface area contributed by atoms with Gasteiger partial charge < -0.3 is 10.2 Å². The molecule has 0 aliphatic carbocycles. The molecule has 1 N–H and O–H groups in total. The number of rotatable bonds is 5. The van der Waals surface area contributed by atoms with Crippen LogP contribution >= 0.6 is 0 Å². The van der Waals surface area contributed by atoms with E-state index in [-0.39, 0.29) is 17.4 Å². The molecule has 2 unspecified atom stereocenters. The highest BCUT2D eigenvalue weighted by Crippen LogP contribution is 2.26. The highest BCUT2D eigenvalue weighted by Gasteiger charge is 2.41. The zero-order valence-electron chi connectivity index (χ0n) is 11.1. The van der Waals surface area contributed by atoms with Crippen LogP contribution in [0.15, 0.2) is 0 Å². The maximum Gasteiger partial charge on any atom is 0.242 e. The van der Waals surface area contributed by atoms with Gasteiger partial charge in [-0.05, 0) is 32.7 Å². The molecule has 0 aromatic heterocycles. The third-order valence-corrected chi connectivity index (χ3v) is 3.44. The fourth-order valence-electron chi connectivity index (χ4n) is 2.64. The van der Waals surface area contributed by atoms with E-state index in [1.807, 2.05) is 6.92 Å². The summed E-state index contributed by atoms with van der Waals surface area (Å²) in [6.45, 7) is 5.39. The molecule has 0 aromatic carbocycles. The highest BCUT2D eigenvalue weighted by atomic mass is 16.2. The van der Waals surface area contributed by atoms with E-state index in [1.54, 1.807) is 11.9 Å². The fourth-order valence-corrected chi connectivity index (χ4v) is 2.64. The normalized spacial score (nSPS) is 25.3. The lowest BCUT2D eigenvalue weighted by Gasteiger charge is -2.33. The third kappa shape index (κ3) is 3.19. The van der Waals surface area contributed by atoms with Crippen molar-refractivity contribution in [3.63, 3.8) is 0 Å². The van der Waals surface area contributed by atoms with Crippen molar-refractivity contribution in [3.05, 3.63) is 0 Å². The Bertz CT molecular complexity index is 302. The van der Waals surface area contributed by atoms with Gasteiger partial charge in [-0.15, -0.1) is 0 Å². The van der Waals surface area contributed by atoms with Gasteiger partial charge in [-0.3, -0.25) is 4.79 Å². The van der Waals surface area contributed by atoms with Gasteiger partial charge >= 0.3 is 0 Å². The molecule has 0 spiro atoms. The standard InChI is InChI=1S/C13H23N3O/c1-4-6-13(7-5-8-15-13)12(17)16(3)10-11(2)9-14/h11,15H,4-8,10H2,1-3H3. The first kappa shape index (κ1) is 14.0. The molecule has 17 heavy (non-hydrogen) atoms. The maximum atomic E-state index is 12.5. The Morgan fingerprint density at radius 3 is 2.82 bits per heavy atom. The molecule has 1 aliphatic heterocycles. The molecule has 1 heterocycles. The largest absolute Gasteiger partial charge is 0.343 e. The Balaban J connectivity index is 2.68. The van der Waals surface area contributed by atoms with Gasteiger partial charge in [-0.1, -0.05) is 13.3 Å². The van der Waals surface area contributed by atoms with Gasteiger partial charge in [0, 0.05) is 13.6 Å². The molecule has 0 saturated carbocycles. The number of hydrogen-bond acceptors (Lipinski definition) is 3. The number of nitrogens with zero attached hydrogens (tertiary/aromatic N) is 2. The number of likely N-dealkylation sites (N-methyl/N-ethyl adjacent to an activating group) is 1. The van der Waals surface area contributed by atoms with Gasteiger partial charge in [-0.2, -0.15) is 5.26 Å². The van der Waals surface area contributed by atoms with E-state index in [2.05, 4.69) is 18.3 Å². The molecule has 0 aromatic rings. The summed E-state index contributed by atoms with van der Waals surface area (Å²) in [4.78, 5) is 14.2. The Hall–Kier alpha value is -1.08. The van der Waals surface area contributed by atoms with Gasteiger partial charge in [0.25, 0.3) is 0 Å². The van der Waals surface area contributed by atoms with Crippen molar-refractivity contribution in [3.8, 4) is 6.07 Å². The Morgan fingerprint density at radius 2 is 2.35 bits per heavy atom. The van der Waals surface area contributed by atoms with Crippen molar-refractivity contribution in [1.82, 2.24) is 10.2 Å². The first-order chi connectivity index (χ1) is 8.05. The topological polar surface area (TPSA) is 56.1 Å². The highest BCUT2D eigenvalue weighted by molar-refractivity contribution is 5.86. The monoisotopic (exact) mass is 237 g/mol. The maximum absolute atomic E-state index is 12.5. The van der Waals surface area contributed by atoms with Crippen LogP contribution in [-0.4, -0.2) is 36.5 Å². The van der Waals surface area contributed by atoms with Crippen molar-refractivity contribution in [2.24, 2.45) is 5.92 Å². The first-order valence-electron chi connectivity index (χ1n) is 6.46. The molecule has 1 amide bonds. The number of carbonyl (C=O) groups excluding carboxylic acids is 1. The number of carbonyl (C=O) groups is 1. The van der Waals surface area contributed by atoms with Gasteiger partial charge in [0.15, 0.2) is 0 Å². The van der Waals surface area contributed by atoms with Crippen molar-refractivity contribution >= 4 is 5.91 Å². The number of hydrogen-bond donors (Lipinski definition) is 1. The Labute approximate surface area is 104 Å². The van der Waals surface area contributed by atoms with Gasteiger partial charge in [0.05, 0.1) is 17.5 Å². The van der Waals surface area contributed by atoms with Crippen LogP contribution in [0.3, 0.4) is 0 Å². The molecule has 1 saturated heterocycles. The smallest absolute Gasteiger partial charge is 0.242 e. The summed E-state index contributed by atoms with van der Waals surface area (Å²) in [5.74, 6) is 0.0444. The second kappa shape index (κ2) is 6.02. The quantitative estimate of drug-likeness (QED) is 0.789. The lowest BCUT2D eigenvalue weighted by Crippen LogP contribution is -2.54. The van der Waals surface area contributed by atoms with Crippen molar-refractivity contribution in [2.75, 3.05) is 20.1 Å². The van der Waals surface area contributed by atoms with Crippen LogP contribution in [0.5, 0.6) is 0 Å². The van der Waals surface area contributed by atoms with Gasteiger partial charge in [0.1, 0.15) is 0 Å². The summed E-state index contributed by atoms with van der Waals surface area (Å²) in [5, 5.41) is 12.2. The van der Waals surface area contributed by atoms with Crippen molar-refractivity contribution < 1.29 is 4.79 Å². The van der Waals surface area contributed by atoms with Crippen LogP contribution in [0.25, 0.3) is 0 Å². The summed E-state index contributed by atoms with van der Waals surface area (Å²) >= 11 is 0. The lowest BCUT2D eigenvalue weighted by atomic mass is 9.90. The predicted octanol–water partition coefficient (Wildman–Crippen LogP) is 1.53. The van der Waals surface area contributed by atoms with Crippen LogP contribution in [0.1, 0.15) is 39.5 Å². The number of nitriles is 1. The third-order valence-electron chi connectivity index (χ3n) is 3.44. The fraction of sp³-hybridized carbons (Fsp3) is 0.846. The molecule has 2 atom stereocenters. The SMILES string of the molecule is CCCC1(C(=O)N(C)CC(C)C#N)CCCN1. The average molecular weight is 237 g/mol. The minimum absolute atomic E-state index is 0.107. The predicted molar refractivity (Wildman–Crippen MR) is 67.3 cm³/mol. The molecular weight excluding hydrogens is 214 g/mol. The second-order valence-electron chi connectivity index (χ2n) is 5.08. The van der Waals surface area contributed by atoms with E-state index in [0.717, 1.165) is 32.2 Å². The summed E-state index contributed by atoms with van der Waals surface area (Å²) in [6, 6.07) is 2.17. The average Bonchev–Trinajstić information content (AvgIpc) is 2.78. The minimum Gasteiger partial charge on any atom is -0.343 e. The summed E-state index contributed by atoms with van der Waals surface area (Å²) in [5.41, 5.74) is -0.362. The molecule has 1 fully saturated rings. The molecule has 0 bridgehead atoms. The van der Waals surface area contributed by atoms with Gasteiger partial charge in [0.2, 0.25) is 5.91 Å². The Kier molecular flexibility index (Phi) is 4.95. The summed E-state index contributed by atoms with van der Waals surface area (Å²) < 4.78 is 0. The zero-order valence-corrected chi connectivity index (χ0v) is 11.1. The summed E-state index contributed by atoms with van der Waals surface area (Å²) in [6.07, 6.45) is 3.87. The number of nitrogens with one attached hydrogen (secondary N) is 1. The molecule has 4 heteroatoms. The van der Waals surface area contributed by atoms with E-state index in [9.17, 15) is 4.79 Å². The van der Waals surface area contributed by atoms with Crippen molar-refractivity contribution in [2.45, 2.75) is 45.1 Å². The van der Waals surface area contributed by atoms with Crippen LogP contribution < -0.4 is 5.32 Å². The van der Waals surface area contributed by atoms with Crippen LogP contribution in [-0.2, 0) is 4.79 Å². The van der Waals surface area contributed by atoms with E-state index >= 15 is 0 Å². The van der Waals surface area contributed by atoms with E-state index < -0.39 is 0 Å². The second-order valence-corrected chi connectivity index (χ2v) is 5.08. The first-order valence-corrected chi connectivity index (χ1v) is 6.46. The lowest BCUT2D eigenvalue weighted by molar-refractivity contribution is -0.137. The summed E-state index contributed by atoms with van der Waals surface area (Å²) in [7, 11) is 1.80. The van der Waals surface area contributed by atoms with Gasteiger partial charge in [-0.25, -0.2) is 0 Å². The molecular formula is C13H23N3O.